The number of rotatable bonds is 6. The van der Waals surface area contributed by atoms with Crippen molar-refractivity contribution in [3.63, 3.8) is 0 Å². The summed E-state index contributed by atoms with van der Waals surface area (Å²) >= 11 is 0. The third kappa shape index (κ3) is 4.07. The topological polar surface area (TPSA) is 45.1 Å². The molecule has 24 heavy (non-hydrogen) atoms. The fraction of sp³-hybridized carbons (Fsp3) is 0.190. The van der Waals surface area contributed by atoms with Gasteiger partial charge in [-0.15, -0.1) is 0 Å². The van der Waals surface area contributed by atoms with E-state index < -0.39 is 0 Å². The first kappa shape index (κ1) is 16.4. The normalized spacial score (nSPS) is 12.1. The van der Waals surface area contributed by atoms with Crippen LogP contribution in [0.1, 0.15) is 29.7 Å². The molecule has 1 heterocycles. The first-order valence-electron chi connectivity index (χ1n) is 8.18. The summed E-state index contributed by atoms with van der Waals surface area (Å²) in [5.41, 5.74) is 5.73. The second-order valence-electron chi connectivity index (χ2n) is 5.94. The van der Waals surface area contributed by atoms with Gasteiger partial charge in [0, 0.05) is 25.0 Å². The predicted molar refractivity (Wildman–Crippen MR) is 97.3 cm³/mol. The molecule has 0 spiro atoms. The fourth-order valence-corrected chi connectivity index (χ4v) is 2.65. The van der Waals surface area contributed by atoms with E-state index in [9.17, 15) is 0 Å². The molecule has 0 saturated heterocycles. The van der Waals surface area contributed by atoms with E-state index in [1.807, 2.05) is 24.4 Å². The number of hydrogen-bond acceptors (Lipinski definition) is 3. The highest BCUT2D eigenvalue weighted by Crippen LogP contribution is 2.21. The van der Waals surface area contributed by atoms with E-state index in [0.717, 1.165) is 17.7 Å². The summed E-state index contributed by atoms with van der Waals surface area (Å²) in [5.74, 6) is 0. The third-order valence-electron chi connectivity index (χ3n) is 4.22. The molecule has 3 rings (SSSR count). The standard InChI is InChI=1S/C21H22N2O/c1-16(23-13-17-4-6-18(15-24)7-5-17)19-8-10-20(11-9-19)21-3-2-12-22-14-21/h2-12,14,16,23-24H,13,15H2,1H3. The van der Waals surface area contributed by atoms with Crippen molar-refractivity contribution in [2.45, 2.75) is 26.1 Å². The van der Waals surface area contributed by atoms with Crippen LogP contribution in [0.4, 0.5) is 0 Å². The zero-order valence-electron chi connectivity index (χ0n) is 13.8. The van der Waals surface area contributed by atoms with E-state index >= 15 is 0 Å². The number of aliphatic hydroxyl groups excluding tert-OH is 1. The molecule has 0 aliphatic rings. The lowest BCUT2D eigenvalue weighted by molar-refractivity contribution is 0.282. The van der Waals surface area contributed by atoms with Crippen molar-refractivity contribution in [2.24, 2.45) is 0 Å². The lowest BCUT2D eigenvalue weighted by Gasteiger charge is -2.15. The Kier molecular flexibility index (Phi) is 5.36. The Morgan fingerprint density at radius 3 is 2.25 bits per heavy atom. The van der Waals surface area contributed by atoms with Crippen LogP contribution >= 0.6 is 0 Å². The summed E-state index contributed by atoms with van der Waals surface area (Å²) in [6.07, 6.45) is 3.67. The Bertz CT molecular complexity index is 752. The highest BCUT2D eigenvalue weighted by molar-refractivity contribution is 5.62. The number of nitrogens with zero attached hydrogens (tertiary/aromatic N) is 1. The number of benzene rings is 2. The average molecular weight is 318 g/mol. The number of pyridine rings is 1. The summed E-state index contributed by atoms with van der Waals surface area (Å²) in [7, 11) is 0. The summed E-state index contributed by atoms with van der Waals surface area (Å²) in [6.45, 7) is 3.06. The Morgan fingerprint density at radius 1 is 0.917 bits per heavy atom. The number of hydrogen-bond donors (Lipinski definition) is 2. The molecule has 1 atom stereocenters. The lowest BCUT2D eigenvalue weighted by atomic mass is 10.0. The minimum Gasteiger partial charge on any atom is -0.392 e. The molecule has 3 heteroatoms. The van der Waals surface area contributed by atoms with Gasteiger partial charge < -0.3 is 10.4 Å². The fourth-order valence-electron chi connectivity index (χ4n) is 2.65. The summed E-state index contributed by atoms with van der Waals surface area (Å²) < 4.78 is 0. The van der Waals surface area contributed by atoms with E-state index in [1.165, 1.54) is 16.7 Å². The molecule has 1 aromatic heterocycles. The highest BCUT2D eigenvalue weighted by Gasteiger charge is 2.06. The van der Waals surface area contributed by atoms with Crippen LogP contribution in [0.25, 0.3) is 11.1 Å². The van der Waals surface area contributed by atoms with Gasteiger partial charge in [0.2, 0.25) is 0 Å². The molecule has 0 radical (unpaired) electrons. The van der Waals surface area contributed by atoms with E-state index in [4.69, 9.17) is 5.11 Å². The van der Waals surface area contributed by atoms with Gasteiger partial charge in [0.15, 0.2) is 0 Å². The molecular weight excluding hydrogens is 296 g/mol. The van der Waals surface area contributed by atoms with Crippen LogP contribution < -0.4 is 5.32 Å². The van der Waals surface area contributed by atoms with Gasteiger partial charge in [-0.05, 0) is 40.8 Å². The lowest BCUT2D eigenvalue weighted by Crippen LogP contribution is -2.18. The second-order valence-corrected chi connectivity index (χ2v) is 5.94. The SMILES string of the molecule is CC(NCc1ccc(CO)cc1)c1ccc(-c2cccnc2)cc1. The van der Waals surface area contributed by atoms with Gasteiger partial charge in [0.1, 0.15) is 0 Å². The van der Waals surface area contributed by atoms with Crippen LogP contribution in [-0.4, -0.2) is 10.1 Å². The quantitative estimate of drug-likeness (QED) is 0.719. The first-order chi connectivity index (χ1) is 11.8. The van der Waals surface area contributed by atoms with E-state index in [2.05, 4.69) is 59.7 Å². The molecule has 1 unspecified atom stereocenters. The maximum Gasteiger partial charge on any atom is 0.0681 e. The van der Waals surface area contributed by atoms with Crippen molar-refractivity contribution >= 4 is 0 Å². The highest BCUT2D eigenvalue weighted by atomic mass is 16.3. The zero-order valence-corrected chi connectivity index (χ0v) is 13.8. The summed E-state index contributed by atoms with van der Waals surface area (Å²) in [4.78, 5) is 4.17. The van der Waals surface area contributed by atoms with E-state index in [-0.39, 0.29) is 12.6 Å². The molecule has 2 aromatic carbocycles. The monoisotopic (exact) mass is 318 g/mol. The molecule has 0 bridgehead atoms. The van der Waals surface area contributed by atoms with Crippen LogP contribution in [0, 0.1) is 0 Å². The van der Waals surface area contributed by atoms with Crippen LogP contribution in [-0.2, 0) is 13.2 Å². The van der Waals surface area contributed by atoms with Crippen molar-refractivity contribution in [3.8, 4) is 11.1 Å². The minimum absolute atomic E-state index is 0.0907. The smallest absolute Gasteiger partial charge is 0.0681 e. The van der Waals surface area contributed by atoms with Gasteiger partial charge in [-0.1, -0.05) is 54.6 Å². The molecule has 0 aliphatic carbocycles. The van der Waals surface area contributed by atoms with Crippen LogP contribution in [0.5, 0.6) is 0 Å². The zero-order chi connectivity index (χ0) is 16.8. The third-order valence-corrected chi connectivity index (χ3v) is 4.22. The Hall–Kier alpha value is -2.49. The van der Waals surface area contributed by atoms with E-state index in [1.54, 1.807) is 6.20 Å². The maximum atomic E-state index is 9.08. The average Bonchev–Trinajstić information content (AvgIpc) is 2.67. The van der Waals surface area contributed by atoms with Crippen LogP contribution in [0.2, 0.25) is 0 Å². The van der Waals surface area contributed by atoms with Gasteiger partial charge >= 0.3 is 0 Å². The molecule has 0 aliphatic heterocycles. The molecular formula is C21H22N2O. The molecule has 3 aromatic rings. The molecule has 2 N–H and O–H groups in total. The van der Waals surface area contributed by atoms with E-state index in [0.29, 0.717) is 0 Å². The van der Waals surface area contributed by atoms with Crippen LogP contribution in [0.15, 0.2) is 73.1 Å². The minimum atomic E-state index is 0.0907. The molecule has 0 saturated carbocycles. The van der Waals surface area contributed by atoms with Gasteiger partial charge in [0.05, 0.1) is 6.61 Å². The first-order valence-corrected chi connectivity index (χ1v) is 8.18. The molecule has 3 nitrogen and oxygen atoms in total. The molecule has 122 valence electrons. The van der Waals surface area contributed by atoms with Gasteiger partial charge in [-0.25, -0.2) is 0 Å². The number of nitrogens with one attached hydrogen (secondary N) is 1. The largest absolute Gasteiger partial charge is 0.392 e. The van der Waals surface area contributed by atoms with Crippen LogP contribution in [0.3, 0.4) is 0 Å². The maximum absolute atomic E-state index is 9.08. The van der Waals surface area contributed by atoms with Crippen molar-refractivity contribution in [1.29, 1.82) is 0 Å². The predicted octanol–water partition coefficient (Wildman–Crippen LogP) is 4.09. The Balaban J connectivity index is 1.61. The van der Waals surface area contributed by atoms with Crippen molar-refractivity contribution in [1.82, 2.24) is 10.3 Å². The van der Waals surface area contributed by atoms with Gasteiger partial charge in [-0.3, -0.25) is 4.98 Å². The summed E-state index contributed by atoms with van der Waals surface area (Å²) in [6, 6.07) is 20.9. The van der Waals surface area contributed by atoms with Gasteiger partial charge in [-0.2, -0.15) is 0 Å². The Labute approximate surface area is 143 Å². The van der Waals surface area contributed by atoms with Crippen molar-refractivity contribution in [2.75, 3.05) is 0 Å². The number of aliphatic hydroxyl groups is 1. The van der Waals surface area contributed by atoms with Crippen molar-refractivity contribution in [3.05, 3.63) is 89.7 Å². The van der Waals surface area contributed by atoms with Gasteiger partial charge in [0.25, 0.3) is 0 Å². The number of aromatic nitrogens is 1. The summed E-state index contributed by atoms with van der Waals surface area (Å²) in [5, 5.41) is 12.6. The molecule has 0 fully saturated rings. The Morgan fingerprint density at radius 2 is 1.62 bits per heavy atom. The molecule has 0 amide bonds. The van der Waals surface area contributed by atoms with Crippen molar-refractivity contribution < 1.29 is 5.11 Å². The second kappa shape index (κ2) is 7.86.